The third-order valence-corrected chi connectivity index (χ3v) is 3.72. The summed E-state index contributed by atoms with van der Waals surface area (Å²) in [6.07, 6.45) is 3.50. The van der Waals surface area contributed by atoms with E-state index in [0.29, 0.717) is 12.3 Å². The van der Waals surface area contributed by atoms with Crippen LogP contribution in [-0.2, 0) is 6.54 Å². The Bertz CT molecular complexity index is 606. The number of nitrogens with one attached hydrogen (secondary N) is 1. The Hall–Kier alpha value is -2.08. The van der Waals surface area contributed by atoms with Gasteiger partial charge in [0.2, 0.25) is 0 Å². The molecule has 0 atom stereocenters. The van der Waals surface area contributed by atoms with Crippen LogP contribution in [0, 0.1) is 0 Å². The third kappa shape index (κ3) is 3.52. The molecule has 0 aliphatic carbocycles. The minimum absolute atomic E-state index is 0.217. The molecule has 0 unspecified atom stereocenters. The summed E-state index contributed by atoms with van der Waals surface area (Å²) in [5.41, 5.74) is -1.83. The number of aromatic nitrogens is 2. The summed E-state index contributed by atoms with van der Waals surface area (Å²) >= 11 is 0. The van der Waals surface area contributed by atoms with Gasteiger partial charge >= 0.3 is 0 Å². The predicted molar refractivity (Wildman–Crippen MR) is 77.9 cm³/mol. The zero-order valence-electron chi connectivity index (χ0n) is 12.8. The fraction of sp³-hybridized carbons (Fsp3) is 0.467. The maximum atomic E-state index is 12.2. The Morgan fingerprint density at radius 3 is 2.67 bits per heavy atom. The molecule has 0 aromatic carbocycles. The van der Waals surface area contributed by atoms with E-state index < -0.39 is 11.1 Å². The van der Waals surface area contributed by atoms with Crippen LogP contribution in [0.1, 0.15) is 44.0 Å². The highest BCUT2D eigenvalue weighted by Crippen LogP contribution is 2.21. The Kier molecular flexibility index (Phi) is 3.91. The summed E-state index contributed by atoms with van der Waals surface area (Å²) in [5.74, 6) is 0.508. The van der Waals surface area contributed by atoms with E-state index in [2.05, 4.69) is 10.4 Å². The first-order valence-electron chi connectivity index (χ1n) is 6.80. The van der Waals surface area contributed by atoms with Crippen molar-refractivity contribution in [1.29, 1.82) is 0 Å². The second-order valence-electron chi connectivity index (χ2n) is 6.11. The van der Waals surface area contributed by atoms with E-state index in [1.807, 2.05) is 12.3 Å². The summed E-state index contributed by atoms with van der Waals surface area (Å²) < 4.78 is 7.23. The predicted octanol–water partition coefficient (Wildman–Crippen LogP) is 1.80. The molecule has 2 aromatic heterocycles. The van der Waals surface area contributed by atoms with Gasteiger partial charge in [-0.15, -0.1) is 0 Å². The van der Waals surface area contributed by atoms with Gasteiger partial charge in [-0.3, -0.25) is 9.48 Å². The second kappa shape index (κ2) is 5.37. The van der Waals surface area contributed by atoms with Gasteiger partial charge in [-0.1, -0.05) is 0 Å². The minimum atomic E-state index is -1.05. The first-order chi connectivity index (χ1) is 9.69. The van der Waals surface area contributed by atoms with Crippen molar-refractivity contribution in [3.8, 4) is 0 Å². The van der Waals surface area contributed by atoms with Gasteiger partial charge in [-0.25, -0.2) is 0 Å². The molecule has 0 fully saturated rings. The van der Waals surface area contributed by atoms with Crippen LogP contribution >= 0.6 is 0 Å². The zero-order valence-corrected chi connectivity index (χ0v) is 12.8. The van der Waals surface area contributed by atoms with Crippen LogP contribution in [0.3, 0.4) is 0 Å². The van der Waals surface area contributed by atoms with Gasteiger partial charge in [0, 0.05) is 12.4 Å². The van der Waals surface area contributed by atoms with Gasteiger partial charge in [0.25, 0.3) is 5.91 Å². The number of amides is 1. The fourth-order valence-electron chi connectivity index (χ4n) is 1.64. The van der Waals surface area contributed by atoms with Crippen molar-refractivity contribution in [2.75, 3.05) is 0 Å². The minimum Gasteiger partial charge on any atom is -0.454 e. The standard InChI is InChI=1S/C15H21N3O3/c1-14(2,15(3,4)20)17-13(19)12-7-6-11(21-12)10-18-9-5-8-16-18/h5-9,20H,10H2,1-4H3,(H,17,19). The summed E-state index contributed by atoms with van der Waals surface area (Å²) in [5, 5.41) is 16.9. The molecule has 114 valence electrons. The molecule has 0 bridgehead atoms. The van der Waals surface area contributed by atoms with Crippen molar-refractivity contribution in [2.24, 2.45) is 0 Å². The summed E-state index contributed by atoms with van der Waals surface area (Å²) in [7, 11) is 0. The second-order valence-corrected chi connectivity index (χ2v) is 6.11. The molecule has 2 rings (SSSR count). The van der Waals surface area contributed by atoms with Crippen LogP contribution in [0.5, 0.6) is 0 Å². The lowest BCUT2D eigenvalue weighted by atomic mass is 9.86. The lowest BCUT2D eigenvalue weighted by Gasteiger charge is -2.37. The molecule has 0 spiro atoms. The molecule has 0 aliphatic heterocycles. The number of aliphatic hydroxyl groups is 1. The largest absolute Gasteiger partial charge is 0.454 e. The quantitative estimate of drug-likeness (QED) is 0.880. The van der Waals surface area contributed by atoms with Gasteiger partial charge in [-0.05, 0) is 45.9 Å². The summed E-state index contributed by atoms with van der Waals surface area (Å²) in [6.45, 7) is 7.29. The van der Waals surface area contributed by atoms with Gasteiger partial charge in [0.05, 0.1) is 17.7 Å². The lowest BCUT2D eigenvalue weighted by Crippen LogP contribution is -2.57. The van der Waals surface area contributed by atoms with Crippen molar-refractivity contribution in [2.45, 2.75) is 45.4 Å². The number of furan rings is 1. The number of hydrogen-bond donors (Lipinski definition) is 2. The highest BCUT2D eigenvalue weighted by molar-refractivity contribution is 5.92. The monoisotopic (exact) mass is 291 g/mol. The molecular weight excluding hydrogens is 270 g/mol. The highest BCUT2D eigenvalue weighted by Gasteiger charge is 2.37. The molecular formula is C15H21N3O3. The van der Waals surface area contributed by atoms with Crippen LogP contribution in [0.4, 0.5) is 0 Å². The number of hydrogen-bond acceptors (Lipinski definition) is 4. The molecule has 0 saturated carbocycles. The average molecular weight is 291 g/mol. The van der Waals surface area contributed by atoms with Crippen molar-refractivity contribution >= 4 is 5.91 Å². The zero-order chi connectivity index (χ0) is 15.7. The van der Waals surface area contributed by atoms with E-state index in [-0.39, 0.29) is 11.7 Å². The number of nitrogens with zero attached hydrogens (tertiary/aromatic N) is 2. The Balaban J connectivity index is 2.06. The Labute approximate surface area is 123 Å². The third-order valence-electron chi connectivity index (χ3n) is 3.72. The topological polar surface area (TPSA) is 80.3 Å². The van der Waals surface area contributed by atoms with Crippen molar-refractivity contribution in [1.82, 2.24) is 15.1 Å². The fourth-order valence-corrected chi connectivity index (χ4v) is 1.64. The first kappa shape index (κ1) is 15.3. The Morgan fingerprint density at radius 1 is 1.38 bits per heavy atom. The maximum Gasteiger partial charge on any atom is 0.287 e. The molecule has 0 radical (unpaired) electrons. The molecule has 2 N–H and O–H groups in total. The van der Waals surface area contributed by atoms with Crippen LogP contribution in [-0.4, -0.2) is 31.9 Å². The van der Waals surface area contributed by atoms with Crippen molar-refractivity contribution < 1.29 is 14.3 Å². The number of rotatable bonds is 5. The molecule has 1 amide bonds. The van der Waals surface area contributed by atoms with Crippen LogP contribution < -0.4 is 5.32 Å². The van der Waals surface area contributed by atoms with Gasteiger partial charge in [-0.2, -0.15) is 5.10 Å². The number of carbonyl (C=O) groups is 1. The first-order valence-corrected chi connectivity index (χ1v) is 6.80. The van der Waals surface area contributed by atoms with E-state index in [1.165, 1.54) is 0 Å². The van der Waals surface area contributed by atoms with Crippen LogP contribution in [0.15, 0.2) is 35.0 Å². The van der Waals surface area contributed by atoms with Crippen LogP contribution in [0.25, 0.3) is 0 Å². The number of carbonyl (C=O) groups excluding carboxylic acids is 1. The van der Waals surface area contributed by atoms with Crippen LogP contribution in [0.2, 0.25) is 0 Å². The molecule has 6 heteroatoms. The highest BCUT2D eigenvalue weighted by atomic mass is 16.4. The molecule has 21 heavy (non-hydrogen) atoms. The molecule has 2 aromatic rings. The van der Waals surface area contributed by atoms with E-state index >= 15 is 0 Å². The molecule has 6 nitrogen and oxygen atoms in total. The van der Waals surface area contributed by atoms with E-state index in [1.54, 1.807) is 50.7 Å². The van der Waals surface area contributed by atoms with Gasteiger partial charge in [0.15, 0.2) is 5.76 Å². The normalized spacial score (nSPS) is 12.4. The summed E-state index contributed by atoms with van der Waals surface area (Å²) in [4.78, 5) is 12.2. The summed E-state index contributed by atoms with van der Waals surface area (Å²) in [6, 6.07) is 5.19. The van der Waals surface area contributed by atoms with Gasteiger partial charge in [0.1, 0.15) is 5.76 Å². The Morgan fingerprint density at radius 2 is 2.10 bits per heavy atom. The van der Waals surface area contributed by atoms with Crippen molar-refractivity contribution in [3.63, 3.8) is 0 Å². The van der Waals surface area contributed by atoms with Crippen molar-refractivity contribution in [3.05, 3.63) is 42.1 Å². The maximum absolute atomic E-state index is 12.2. The average Bonchev–Trinajstić information content (AvgIpc) is 2.98. The smallest absolute Gasteiger partial charge is 0.287 e. The SMILES string of the molecule is CC(C)(O)C(C)(C)NC(=O)c1ccc(Cn2cccn2)o1. The molecule has 0 saturated heterocycles. The lowest BCUT2D eigenvalue weighted by molar-refractivity contribution is -0.00343. The van der Waals surface area contributed by atoms with E-state index in [9.17, 15) is 9.90 Å². The molecule has 2 heterocycles. The van der Waals surface area contributed by atoms with E-state index in [4.69, 9.17) is 4.42 Å². The van der Waals surface area contributed by atoms with Gasteiger partial charge < -0.3 is 14.8 Å². The molecule has 0 aliphatic rings. The van der Waals surface area contributed by atoms with E-state index in [0.717, 1.165) is 0 Å².